The monoisotopic (exact) mass is 485 g/mol. The van der Waals surface area contributed by atoms with Crippen molar-refractivity contribution in [1.82, 2.24) is 9.88 Å². The molecule has 0 saturated carbocycles. The quantitative estimate of drug-likeness (QED) is 0.260. The summed E-state index contributed by atoms with van der Waals surface area (Å²) in [5.74, 6) is 1.22. The van der Waals surface area contributed by atoms with E-state index in [1.54, 1.807) is 14.2 Å². The highest BCUT2D eigenvalue weighted by molar-refractivity contribution is 6.22. The van der Waals surface area contributed by atoms with Crippen molar-refractivity contribution in [2.45, 2.75) is 46.3 Å². The maximum absolute atomic E-state index is 11.0. The van der Waals surface area contributed by atoms with Gasteiger partial charge < -0.3 is 19.6 Å². The van der Waals surface area contributed by atoms with Gasteiger partial charge in [-0.3, -0.25) is 4.90 Å². The Bertz CT molecular complexity index is 1330. The number of nitrogens with one attached hydrogen (secondary N) is 1. The number of aromatic hydroxyl groups is 1. The first-order valence-electron chi connectivity index (χ1n) is 12.3. The number of H-pyrrole nitrogens is 1. The van der Waals surface area contributed by atoms with Crippen LogP contribution in [0.15, 0.2) is 71.7 Å². The zero-order valence-corrected chi connectivity index (χ0v) is 21.9. The van der Waals surface area contributed by atoms with Gasteiger partial charge in [-0.05, 0) is 51.5 Å². The minimum Gasteiger partial charge on any atom is -0.494 e. The third-order valence-electron chi connectivity index (χ3n) is 6.44. The molecule has 0 unspecified atom stereocenters. The lowest BCUT2D eigenvalue weighted by molar-refractivity contribution is 0.166. The number of ether oxygens (including phenoxy) is 2. The normalized spacial score (nSPS) is 12.2. The Morgan fingerprint density at radius 2 is 1.50 bits per heavy atom. The number of hydrogen-bond donors (Lipinski definition) is 2. The summed E-state index contributed by atoms with van der Waals surface area (Å²) < 4.78 is 11.0. The van der Waals surface area contributed by atoms with Crippen LogP contribution in [0.2, 0.25) is 0 Å². The third kappa shape index (κ3) is 5.24. The molecule has 0 amide bonds. The van der Waals surface area contributed by atoms with Crippen molar-refractivity contribution in [2.24, 2.45) is 4.99 Å². The number of benzene rings is 3. The van der Waals surface area contributed by atoms with Crippen LogP contribution in [-0.2, 0) is 6.54 Å². The van der Waals surface area contributed by atoms with E-state index in [1.165, 1.54) is 5.56 Å². The number of nitrogens with zero attached hydrogens (tertiary/aromatic N) is 2. The molecular weight excluding hydrogens is 450 g/mol. The first kappa shape index (κ1) is 25.3. The van der Waals surface area contributed by atoms with Crippen LogP contribution < -0.4 is 9.47 Å². The molecule has 0 saturated heterocycles. The van der Waals surface area contributed by atoms with E-state index in [0.717, 1.165) is 28.7 Å². The van der Waals surface area contributed by atoms with Gasteiger partial charge in [-0.15, -0.1) is 0 Å². The van der Waals surface area contributed by atoms with Crippen LogP contribution >= 0.6 is 0 Å². The van der Waals surface area contributed by atoms with Gasteiger partial charge in [-0.1, -0.05) is 42.5 Å². The number of aliphatic imine (C=N–C) groups is 1. The number of aromatic nitrogens is 1. The zero-order valence-electron chi connectivity index (χ0n) is 21.9. The molecule has 0 aliphatic carbocycles. The van der Waals surface area contributed by atoms with E-state index in [9.17, 15) is 5.11 Å². The predicted molar refractivity (Wildman–Crippen MR) is 147 cm³/mol. The maximum Gasteiger partial charge on any atom is 0.199 e. The van der Waals surface area contributed by atoms with Crippen molar-refractivity contribution in [3.05, 3.63) is 83.4 Å². The summed E-state index contributed by atoms with van der Waals surface area (Å²) in [6.45, 7) is 9.79. The van der Waals surface area contributed by atoms with Crippen LogP contribution in [0.5, 0.6) is 17.4 Å². The molecule has 0 spiro atoms. The van der Waals surface area contributed by atoms with E-state index in [2.05, 4.69) is 49.7 Å². The number of hydrogen-bond acceptors (Lipinski definition) is 5. The van der Waals surface area contributed by atoms with E-state index >= 15 is 0 Å². The van der Waals surface area contributed by atoms with Gasteiger partial charge in [0.1, 0.15) is 0 Å². The van der Waals surface area contributed by atoms with Gasteiger partial charge in [0.05, 0.1) is 36.7 Å². The van der Waals surface area contributed by atoms with E-state index in [4.69, 9.17) is 14.5 Å². The molecule has 0 aliphatic rings. The molecule has 0 atom stereocenters. The van der Waals surface area contributed by atoms with Crippen molar-refractivity contribution >= 4 is 22.3 Å². The summed E-state index contributed by atoms with van der Waals surface area (Å²) in [5.41, 5.74) is 4.98. The predicted octanol–water partition coefficient (Wildman–Crippen LogP) is 6.68. The van der Waals surface area contributed by atoms with Gasteiger partial charge in [0.15, 0.2) is 17.4 Å². The Morgan fingerprint density at radius 3 is 2.08 bits per heavy atom. The summed E-state index contributed by atoms with van der Waals surface area (Å²) in [6, 6.07) is 22.8. The lowest BCUT2D eigenvalue weighted by Gasteiger charge is -2.30. The van der Waals surface area contributed by atoms with Crippen molar-refractivity contribution in [3.63, 3.8) is 0 Å². The van der Waals surface area contributed by atoms with E-state index in [-0.39, 0.29) is 5.88 Å². The van der Waals surface area contributed by atoms with Crippen LogP contribution in [0.4, 0.5) is 5.69 Å². The average molecular weight is 486 g/mol. The largest absolute Gasteiger partial charge is 0.494 e. The smallest absolute Gasteiger partial charge is 0.199 e. The minimum absolute atomic E-state index is 0.0454. The Morgan fingerprint density at radius 1 is 0.889 bits per heavy atom. The molecule has 36 heavy (non-hydrogen) atoms. The fourth-order valence-corrected chi connectivity index (χ4v) is 4.58. The maximum atomic E-state index is 11.0. The lowest BCUT2D eigenvalue weighted by Crippen LogP contribution is -2.36. The Hall–Kier alpha value is -3.77. The van der Waals surface area contributed by atoms with Gasteiger partial charge in [-0.25, -0.2) is 4.99 Å². The van der Waals surface area contributed by atoms with E-state index in [0.29, 0.717) is 34.9 Å². The fraction of sp³-hybridized carbons (Fsp3) is 0.300. The Kier molecular flexibility index (Phi) is 7.65. The summed E-state index contributed by atoms with van der Waals surface area (Å²) >= 11 is 0. The molecule has 1 aromatic heterocycles. The molecule has 1 heterocycles. The molecular formula is C30H35N3O3. The summed E-state index contributed by atoms with van der Waals surface area (Å²) in [7, 11) is 3.19. The van der Waals surface area contributed by atoms with Gasteiger partial charge in [0, 0.05) is 35.6 Å². The minimum atomic E-state index is 0.0454. The second kappa shape index (κ2) is 10.9. The SMILES string of the molecule is COc1cc2[nH]c(O)c(C(=Nc3ccc(CN(C(C)C)C(C)C)cc3)c3ccccc3)c2cc1OC. The molecule has 4 aromatic rings. The number of aromatic amines is 1. The first-order valence-corrected chi connectivity index (χ1v) is 12.3. The van der Waals surface area contributed by atoms with Crippen molar-refractivity contribution in [3.8, 4) is 17.4 Å². The summed E-state index contributed by atoms with van der Waals surface area (Å²) in [6.07, 6.45) is 0. The highest BCUT2D eigenvalue weighted by atomic mass is 16.5. The fourth-order valence-electron chi connectivity index (χ4n) is 4.58. The molecule has 4 rings (SSSR count). The van der Waals surface area contributed by atoms with Crippen LogP contribution in [0.25, 0.3) is 10.9 Å². The second-order valence-electron chi connectivity index (χ2n) is 9.45. The second-order valence-corrected chi connectivity index (χ2v) is 9.45. The molecule has 6 nitrogen and oxygen atoms in total. The number of rotatable bonds is 9. The highest BCUT2D eigenvalue weighted by Gasteiger charge is 2.21. The summed E-state index contributed by atoms with van der Waals surface area (Å²) in [4.78, 5) is 10.6. The van der Waals surface area contributed by atoms with Crippen molar-refractivity contribution in [2.75, 3.05) is 14.2 Å². The zero-order chi connectivity index (χ0) is 25.8. The summed E-state index contributed by atoms with van der Waals surface area (Å²) in [5, 5.41) is 11.8. The average Bonchev–Trinajstić information content (AvgIpc) is 3.20. The molecule has 0 radical (unpaired) electrons. The van der Waals surface area contributed by atoms with Crippen molar-refractivity contribution < 1.29 is 14.6 Å². The molecule has 6 heteroatoms. The highest BCUT2D eigenvalue weighted by Crippen LogP contribution is 2.38. The molecule has 3 aromatic carbocycles. The first-order chi connectivity index (χ1) is 17.3. The van der Waals surface area contributed by atoms with Crippen molar-refractivity contribution in [1.29, 1.82) is 0 Å². The van der Waals surface area contributed by atoms with E-state index in [1.807, 2.05) is 54.6 Å². The third-order valence-corrected chi connectivity index (χ3v) is 6.44. The van der Waals surface area contributed by atoms with Gasteiger partial charge in [0.2, 0.25) is 0 Å². The standard InChI is InChI=1S/C30H35N3O3/c1-19(2)33(20(3)4)18-21-12-14-23(15-13-21)31-29(22-10-8-7-9-11-22)28-24-16-26(35-5)27(36-6)17-25(24)32-30(28)34/h7-17,19-20,32,34H,18H2,1-6H3. The number of fused-ring (bicyclic) bond motifs is 1. The van der Waals surface area contributed by atoms with Crippen LogP contribution in [-0.4, -0.2) is 47.0 Å². The number of methoxy groups -OCH3 is 2. The van der Waals surface area contributed by atoms with Gasteiger partial charge >= 0.3 is 0 Å². The Labute approximate surface area is 213 Å². The van der Waals surface area contributed by atoms with Crippen LogP contribution in [0, 0.1) is 0 Å². The van der Waals surface area contributed by atoms with Gasteiger partial charge in [-0.2, -0.15) is 0 Å². The topological polar surface area (TPSA) is 70.1 Å². The van der Waals surface area contributed by atoms with Gasteiger partial charge in [0.25, 0.3) is 0 Å². The van der Waals surface area contributed by atoms with Crippen LogP contribution in [0.3, 0.4) is 0 Å². The van der Waals surface area contributed by atoms with Crippen LogP contribution in [0.1, 0.15) is 44.4 Å². The molecule has 0 bridgehead atoms. The molecule has 188 valence electrons. The molecule has 0 aliphatic heterocycles. The van der Waals surface area contributed by atoms with E-state index < -0.39 is 0 Å². The molecule has 0 fully saturated rings. The lowest BCUT2D eigenvalue weighted by atomic mass is 10.0. The molecule has 2 N–H and O–H groups in total. The Balaban J connectivity index is 1.80.